The standard InChI is InChI=1S/C24H25FN8O2/c1-24(2,3)35-23(34)31-7-4-16(5-8-31)21-13-26-18(12-27-21)14-32-9-6-17-10-19(11-20(25)22(17)32)33-15-28-29-30-33/h4,6,9-13,15H,5,7-8,14H2,1-3H3. The van der Waals surface area contributed by atoms with Crippen LogP contribution in [-0.2, 0) is 11.3 Å². The molecule has 0 radical (unpaired) electrons. The lowest BCUT2D eigenvalue weighted by Crippen LogP contribution is -2.39. The van der Waals surface area contributed by atoms with Gasteiger partial charge in [-0.3, -0.25) is 9.97 Å². The predicted molar refractivity (Wildman–Crippen MR) is 126 cm³/mol. The Bertz CT molecular complexity index is 1390. The van der Waals surface area contributed by atoms with Gasteiger partial charge in [-0.15, -0.1) is 5.10 Å². The fourth-order valence-electron chi connectivity index (χ4n) is 3.99. The molecule has 0 unspecified atom stereocenters. The smallest absolute Gasteiger partial charge is 0.410 e. The van der Waals surface area contributed by atoms with Crippen LogP contribution >= 0.6 is 0 Å². The highest BCUT2D eigenvalue weighted by molar-refractivity contribution is 5.83. The molecule has 0 N–H and O–H groups in total. The average molecular weight is 477 g/mol. The molecule has 0 bridgehead atoms. The summed E-state index contributed by atoms with van der Waals surface area (Å²) in [5.74, 6) is -0.371. The summed E-state index contributed by atoms with van der Waals surface area (Å²) in [5.41, 5.74) is 3.02. The van der Waals surface area contributed by atoms with Crippen LogP contribution in [0.5, 0.6) is 0 Å². The maximum Gasteiger partial charge on any atom is 0.410 e. The Morgan fingerprint density at radius 1 is 1.20 bits per heavy atom. The van der Waals surface area contributed by atoms with Crippen LogP contribution in [0.3, 0.4) is 0 Å². The number of aromatic nitrogens is 7. The Labute approximate surface area is 201 Å². The normalized spacial score (nSPS) is 14.3. The third-order valence-electron chi connectivity index (χ3n) is 5.64. The molecule has 5 rings (SSSR count). The summed E-state index contributed by atoms with van der Waals surface area (Å²) in [6.45, 7) is 6.97. The number of ether oxygens (including phenoxy) is 1. The van der Waals surface area contributed by atoms with Crippen LogP contribution in [0.15, 0.2) is 49.2 Å². The lowest BCUT2D eigenvalue weighted by atomic mass is 10.1. The Morgan fingerprint density at radius 2 is 2.06 bits per heavy atom. The van der Waals surface area contributed by atoms with Crippen molar-refractivity contribution in [3.8, 4) is 5.69 Å². The lowest BCUT2D eigenvalue weighted by Gasteiger charge is -2.29. The second kappa shape index (κ2) is 8.90. The van der Waals surface area contributed by atoms with E-state index in [0.717, 1.165) is 16.7 Å². The second-order valence-corrected chi connectivity index (χ2v) is 9.36. The number of carbonyl (C=O) groups is 1. The van der Waals surface area contributed by atoms with Crippen LogP contribution in [0.1, 0.15) is 38.6 Å². The minimum Gasteiger partial charge on any atom is -0.444 e. The monoisotopic (exact) mass is 476 g/mol. The van der Waals surface area contributed by atoms with E-state index in [1.807, 2.05) is 45.2 Å². The summed E-state index contributed by atoms with van der Waals surface area (Å²) in [4.78, 5) is 23.0. The van der Waals surface area contributed by atoms with E-state index in [9.17, 15) is 9.18 Å². The fourth-order valence-corrected chi connectivity index (χ4v) is 3.99. The molecule has 4 heterocycles. The van der Waals surface area contributed by atoms with E-state index in [0.29, 0.717) is 43.0 Å². The highest BCUT2D eigenvalue weighted by Crippen LogP contribution is 2.25. The van der Waals surface area contributed by atoms with Crippen molar-refractivity contribution >= 4 is 22.6 Å². The molecule has 4 aromatic rings. The fraction of sp³-hybridized carbons (Fsp3) is 0.333. The van der Waals surface area contributed by atoms with Crippen molar-refractivity contribution in [3.63, 3.8) is 0 Å². The van der Waals surface area contributed by atoms with Crippen molar-refractivity contribution < 1.29 is 13.9 Å². The van der Waals surface area contributed by atoms with Crippen molar-refractivity contribution in [1.82, 2.24) is 39.6 Å². The molecule has 10 nitrogen and oxygen atoms in total. The molecule has 0 spiro atoms. The van der Waals surface area contributed by atoms with E-state index < -0.39 is 5.60 Å². The number of tetrazole rings is 1. The number of nitrogens with zero attached hydrogens (tertiary/aromatic N) is 8. The van der Waals surface area contributed by atoms with Gasteiger partial charge in [-0.2, -0.15) is 0 Å². The molecule has 1 aliphatic heterocycles. The summed E-state index contributed by atoms with van der Waals surface area (Å²) in [7, 11) is 0. The zero-order chi connectivity index (χ0) is 24.6. The van der Waals surface area contributed by atoms with Gasteiger partial charge in [-0.1, -0.05) is 6.08 Å². The first-order chi connectivity index (χ1) is 16.8. The molecule has 1 aromatic carbocycles. The van der Waals surface area contributed by atoms with Crippen molar-refractivity contribution in [2.45, 2.75) is 39.3 Å². The van der Waals surface area contributed by atoms with Crippen molar-refractivity contribution in [3.05, 3.63) is 66.4 Å². The predicted octanol–water partition coefficient (Wildman–Crippen LogP) is 3.62. The number of fused-ring (bicyclic) bond motifs is 1. The van der Waals surface area contributed by atoms with Crippen LogP contribution in [0.2, 0.25) is 0 Å². The molecule has 1 amide bonds. The van der Waals surface area contributed by atoms with Crippen molar-refractivity contribution in [1.29, 1.82) is 0 Å². The average Bonchev–Trinajstić information content (AvgIpc) is 3.49. The van der Waals surface area contributed by atoms with Gasteiger partial charge in [0.1, 0.15) is 17.7 Å². The third-order valence-corrected chi connectivity index (χ3v) is 5.64. The Balaban J connectivity index is 1.28. The van der Waals surface area contributed by atoms with E-state index in [1.165, 1.54) is 17.1 Å². The zero-order valence-corrected chi connectivity index (χ0v) is 19.7. The number of hydrogen-bond acceptors (Lipinski definition) is 7. The van der Waals surface area contributed by atoms with Gasteiger partial charge in [-0.25, -0.2) is 13.9 Å². The summed E-state index contributed by atoms with van der Waals surface area (Å²) in [6, 6.07) is 5.08. The molecular formula is C24H25FN8O2. The molecule has 1 aliphatic rings. The minimum absolute atomic E-state index is 0.314. The molecular weight excluding hydrogens is 451 g/mol. The zero-order valence-electron chi connectivity index (χ0n) is 19.7. The van der Waals surface area contributed by atoms with Crippen LogP contribution in [0.4, 0.5) is 9.18 Å². The van der Waals surface area contributed by atoms with Gasteiger partial charge in [0.15, 0.2) is 0 Å². The highest BCUT2D eigenvalue weighted by Gasteiger charge is 2.24. The van der Waals surface area contributed by atoms with Gasteiger partial charge in [-0.05, 0) is 55.3 Å². The van der Waals surface area contributed by atoms with Gasteiger partial charge in [0, 0.05) is 30.7 Å². The number of rotatable bonds is 4. The van der Waals surface area contributed by atoms with Crippen LogP contribution in [0.25, 0.3) is 22.2 Å². The number of benzene rings is 1. The maximum atomic E-state index is 14.9. The Morgan fingerprint density at radius 3 is 2.71 bits per heavy atom. The highest BCUT2D eigenvalue weighted by atomic mass is 19.1. The van der Waals surface area contributed by atoms with E-state index in [4.69, 9.17) is 4.74 Å². The van der Waals surface area contributed by atoms with E-state index in [-0.39, 0.29) is 11.9 Å². The molecule has 180 valence electrons. The van der Waals surface area contributed by atoms with Crippen LogP contribution in [0, 0.1) is 5.82 Å². The first-order valence-electron chi connectivity index (χ1n) is 11.3. The van der Waals surface area contributed by atoms with Gasteiger partial charge in [0.05, 0.1) is 41.5 Å². The third kappa shape index (κ3) is 4.88. The van der Waals surface area contributed by atoms with E-state index in [1.54, 1.807) is 21.9 Å². The molecule has 0 atom stereocenters. The molecule has 11 heteroatoms. The minimum atomic E-state index is -0.520. The first kappa shape index (κ1) is 22.6. The number of amides is 1. The van der Waals surface area contributed by atoms with Gasteiger partial charge in [0.25, 0.3) is 0 Å². The summed E-state index contributed by atoms with van der Waals surface area (Å²) < 4.78 is 23.6. The van der Waals surface area contributed by atoms with Crippen molar-refractivity contribution in [2.24, 2.45) is 0 Å². The largest absolute Gasteiger partial charge is 0.444 e. The molecule has 0 aliphatic carbocycles. The Hall–Kier alpha value is -4.15. The summed E-state index contributed by atoms with van der Waals surface area (Å²) >= 11 is 0. The number of carbonyl (C=O) groups excluding carboxylic acids is 1. The van der Waals surface area contributed by atoms with E-state index >= 15 is 0 Å². The van der Waals surface area contributed by atoms with Gasteiger partial charge < -0.3 is 14.2 Å². The number of hydrogen-bond donors (Lipinski definition) is 0. The first-order valence-corrected chi connectivity index (χ1v) is 11.3. The SMILES string of the molecule is CC(C)(C)OC(=O)N1CC=C(c2cnc(Cn3ccc4cc(-n5cnnn5)cc(F)c43)cn2)CC1. The second-order valence-electron chi connectivity index (χ2n) is 9.36. The lowest BCUT2D eigenvalue weighted by molar-refractivity contribution is 0.0270. The molecule has 3 aromatic heterocycles. The summed E-state index contributed by atoms with van der Waals surface area (Å²) in [5, 5.41) is 11.7. The summed E-state index contributed by atoms with van der Waals surface area (Å²) in [6.07, 6.45) is 9.01. The van der Waals surface area contributed by atoms with Crippen molar-refractivity contribution in [2.75, 3.05) is 13.1 Å². The van der Waals surface area contributed by atoms with Gasteiger partial charge in [0.2, 0.25) is 0 Å². The Kier molecular flexibility index (Phi) is 5.75. The molecule has 0 saturated carbocycles. The molecule has 0 saturated heterocycles. The molecule has 0 fully saturated rings. The van der Waals surface area contributed by atoms with Crippen LogP contribution < -0.4 is 0 Å². The topological polar surface area (TPSA) is 104 Å². The van der Waals surface area contributed by atoms with Crippen LogP contribution in [-0.4, -0.2) is 64.4 Å². The van der Waals surface area contributed by atoms with Gasteiger partial charge >= 0.3 is 6.09 Å². The van der Waals surface area contributed by atoms with E-state index in [2.05, 4.69) is 25.5 Å². The number of halogens is 1. The maximum absolute atomic E-state index is 14.9. The molecule has 35 heavy (non-hydrogen) atoms. The quantitative estimate of drug-likeness (QED) is 0.443.